The van der Waals surface area contributed by atoms with Gasteiger partial charge in [-0.05, 0) is 37.3 Å². The molecule has 0 saturated heterocycles. The van der Waals surface area contributed by atoms with Crippen LogP contribution >= 0.6 is 23.1 Å². The Kier molecular flexibility index (Phi) is 4.59. The highest BCUT2D eigenvalue weighted by Gasteiger charge is 2.19. The van der Waals surface area contributed by atoms with Crippen molar-refractivity contribution in [2.24, 2.45) is 0 Å². The maximum Gasteiger partial charge on any atom is 0.270 e. The number of carbonyl (C=O) groups is 1. The van der Waals surface area contributed by atoms with Crippen molar-refractivity contribution < 1.29 is 14.1 Å². The Hall–Kier alpha value is -2.32. The van der Waals surface area contributed by atoms with Gasteiger partial charge in [-0.1, -0.05) is 11.8 Å². The summed E-state index contributed by atoms with van der Waals surface area (Å²) in [4.78, 5) is 27.1. The van der Waals surface area contributed by atoms with Crippen molar-refractivity contribution in [1.29, 1.82) is 0 Å². The van der Waals surface area contributed by atoms with E-state index in [0.29, 0.717) is 20.1 Å². The third-order valence-corrected chi connectivity index (χ3v) is 5.55. The number of ketones is 1. The molecule has 0 fully saturated rings. The number of nitro benzene ring substituents is 1. The smallest absolute Gasteiger partial charge is 0.270 e. The zero-order valence-electron chi connectivity index (χ0n) is 12.4. The topological polar surface area (TPSA) is 73.1 Å². The molecule has 122 valence electrons. The summed E-state index contributed by atoms with van der Waals surface area (Å²) in [5.41, 5.74) is 1.11. The molecule has 2 aromatic carbocycles. The van der Waals surface area contributed by atoms with E-state index in [-0.39, 0.29) is 17.3 Å². The van der Waals surface area contributed by atoms with E-state index in [1.165, 1.54) is 59.5 Å². The largest absolute Gasteiger partial charge is 0.293 e. The van der Waals surface area contributed by atoms with E-state index in [9.17, 15) is 19.3 Å². The molecular weight excluding hydrogens is 351 g/mol. The summed E-state index contributed by atoms with van der Waals surface area (Å²) in [7, 11) is 0. The molecule has 0 radical (unpaired) electrons. The van der Waals surface area contributed by atoms with E-state index in [1.54, 1.807) is 13.0 Å². The molecule has 1 atom stereocenters. The first-order valence-corrected chi connectivity index (χ1v) is 8.65. The van der Waals surface area contributed by atoms with Crippen LogP contribution in [0.3, 0.4) is 0 Å². The van der Waals surface area contributed by atoms with Gasteiger partial charge >= 0.3 is 0 Å². The highest BCUT2D eigenvalue weighted by molar-refractivity contribution is 8.02. The number of thioether (sulfide) groups is 1. The number of Topliss-reactive ketones (excluding diaryl/α,β-unsaturated/α-hetero) is 1. The third-order valence-electron chi connectivity index (χ3n) is 3.34. The van der Waals surface area contributed by atoms with E-state index < -0.39 is 10.2 Å². The lowest BCUT2D eigenvalue weighted by molar-refractivity contribution is -0.384. The van der Waals surface area contributed by atoms with Gasteiger partial charge in [0.05, 0.1) is 20.4 Å². The summed E-state index contributed by atoms with van der Waals surface area (Å²) < 4.78 is 14.3. The first-order chi connectivity index (χ1) is 11.4. The number of hydrogen-bond acceptors (Lipinski definition) is 6. The van der Waals surface area contributed by atoms with Crippen molar-refractivity contribution in [2.45, 2.75) is 16.5 Å². The SMILES string of the molecule is C[C@@H](Sc1nc2ccc([N+](=O)[O-])cc2s1)C(=O)c1ccc(F)cc1. The zero-order valence-corrected chi connectivity index (χ0v) is 14.1. The normalized spacial score (nSPS) is 12.2. The Balaban J connectivity index is 1.79. The Morgan fingerprint density at radius 1 is 1.29 bits per heavy atom. The highest BCUT2D eigenvalue weighted by atomic mass is 32.2. The van der Waals surface area contributed by atoms with E-state index in [1.807, 2.05) is 0 Å². The number of nitrogens with zero attached hydrogens (tertiary/aromatic N) is 2. The maximum absolute atomic E-state index is 12.9. The molecule has 1 heterocycles. The number of rotatable bonds is 5. The van der Waals surface area contributed by atoms with Crippen LogP contribution in [0.15, 0.2) is 46.8 Å². The molecule has 0 aliphatic carbocycles. The van der Waals surface area contributed by atoms with Gasteiger partial charge in [-0.15, -0.1) is 11.3 Å². The number of non-ortho nitro benzene ring substituents is 1. The van der Waals surface area contributed by atoms with Crippen LogP contribution in [0.5, 0.6) is 0 Å². The van der Waals surface area contributed by atoms with Crippen LogP contribution in [0.1, 0.15) is 17.3 Å². The van der Waals surface area contributed by atoms with Crippen molar-refractivity contribution in [2.75, 3.05) is 0 Å². The van der Waals surface area contributed by atoms with Crippen LogP contribution in [0.2, 0.25) is 0 Å². The number of hydrogen-bond donors (Lipinski definition) is 0. The Labute approximate surface area is 144 Å². The van der Waals surface area contributed by atoms with Crippen molar-refractivity contribution >= 4 is 44.8 Å². The maximum atomic E-state index is 12.9. The molecule has 0 spiro atoms. The van der Waals surface area contributed by atoms with Gasteiger partial charge in [0.2, 0.25) is 0 Å². The number of halogens is 1. The van der Waals surface area contributed by atoms with Gasteiger partial charge in [0.1, 0.15) is 5.82 Å². The van der Waals surface area contributed by atoms with E-state index in [4.69, 9.17) is 0 Å². The van der Waals surface area contributed by atoms with Crippen molar-refractivity contribution in [3.63, 3.8) is 0 Å². The van der Waals surface area contributed by atoms with Crippen LogP contribution in [-0.4, -0.2) is 20.9 Å². The predicted molar refractivity (Wildman–Crippen MR) is 92.3 cm³/mol. The molecule has 3 aromatic rings. The molecule has 0 unspecified atom stereocenters. The molecular formula is C16H11FN2O3S2. The Bertz CT molecular complexity index is 925. The lowest BCUT2D eigenvalue weighted by Gasteiger charge is -2.07. The first kappa shape index (κ1) is 16.5. The van der Waals surface area contributed by atoms with Gasteiger partial charge < -0.3 is 0 Å². The summed E-state index contributed by atoms with van der Waals surface area (Å²) in [5.74, 6) is -0.509. The summed E-state index contributed by atoms with van der Waals surface area (Å²) in [6, 6.07) is 9.89. The third kappa shape index (κ3) is 3.44. The number of nitro groups is 1. The second kappa shape index (κ2) is 6.66. The van der Waals surface area contributed by atoms with Crippen molar-refractivity contribution in [1.82, 2.24) is 4.98 Å². The molecule has 5 nitrogen and oxygen atoms in total. The molecule has 0 aliphatic heterocycles. The fraction of sp³-hybridized carbons (Fsp3) is 0.125. The van der Waals surface area contributed by atoms with Crippen LogP contribution in [0, 0.1) is 15.9 Å². The predicted octanol–water partition coefficient (Wildman–Crippen LogP) is 4.71. The van der Waals surface area contributed by atoms with Gasteiger partial charge in [-0.3, -0.25) is 14.9 Å². The molecule has 0 saturated carbocycles. The van der Waals surface area contributed by atoms with Crippen molar-refractivity contribution in [3.05, 3.63) is 64.0 Å². The average molecular weight is 362 g/mol. The van der Waals surface area contributed by atoms with Gasteiger partial charge in [-0.25, -0.2) is 9.37 Å². The minimum atomic E-state index is -0.452. The second-order valence-electron chi connectivity index (χ2n) is 5.02. The van der Waals surface area contributed by atoms with Gasteiger partial charge in [-0.2, -0.15) is 0 Å². The van der Waals surface area contributed by atoms with Gasteiger partial charge in [0, 0.05) is 17.7 Å². The molecule has 0 amide bonds. The molecule has 0 aliphatic rings. The molecule has 8 heteroatoms. The summed E-state index contributed by atoms with van der Waals surface area (Å²) in [6.07, 6.45) is 0. The van der Waals surface area contributed by atoms with Crippen LogP contribution in [-0.2, 0) is 0 Å². The molecule has 1 aromatic heterocycles. The average Bonchev–Trinajstić information content (AvgIpc) is 2.96. The lowest BCUT2D eigenvalue weighted by atomic mass is 10.1. The van der Waals surface area contributed by atoms with Crippen molar-refractivity contribution in [3.8, 4) is 0 Å². The van der Waals surface area contributed by atoms with Crippen LogP contribution in [0.25, 0.3) is 10.2 Å². The summed E-state index contributed by atoms with van der Waals surface area (Å²) >= 11 is 2.59. The minimum absolute atomic E-state index is 0.0122. The second-order valence-corrected chi connectivity index (χ2v) is 7.64. The van der Waals surface area contributed by atoms with E-state index in [0.717, 1.165) is 0 Å². The lowest BCUT2D eigenvalue weighted by Crippen LogP contribution is -2.13. The van der Waals surface area contributed by atoms with Gasteiger partial charge in [0.25, 0.3) is 5.69 Å². The minimum Gasteiger partial charge on any atom is -0.293 e. The molecule has 0 bridgehead atoms. The van der Waals surface area contributed by atoms with Crippen LogP contribution in [0.4, 0.5) is 10.1 Å². The van der Waals surface area contributed by atoms with Gasteiger partial charge in [0.15, 0.2) is 10.1 Å². The standard InChI is InChI=1S/C16H11FN2O3S2/c1-9(15(20)10-2-4-11(17)5-3-10)23-16-18-13-7-6-12(19(21)22)8-14(13)24-16/h2-9H,1H3/t9-/m1/s1. The summed E-state index contributed by atoms with van der Waals surface area (Å²) in [5, 5.41) is 10.4. The number of aromatic nitrogens is 1. The highest BCUT2D eigenvalue weighted by Crippen LogP contribution is 2.34. The molecule has 24 heavy (non-hydrogen) atoms. The molecule has 3 rings (SSSR count). The fourth-order valence-corrected chi connectivity index (χ4v) is 4.43. The summed E-state index contributed by atoms with van der Waals surface area (Å²) in [6.45, 7) is 1.75. The number of fused-ring (bicyclic) bond motifs is 1. The first-order valence-electron chi connectivity index (χ1n) is 6.95. The number of carbonyl (C=O) groups excluding carboxylic acids is 1. The Morgan fingerprint density at radius 2 is 2.00 bits per heavy atom. The fourth-order valence-electron chi connectivity index (χ4n) is 2.11. The zero-order chi connectivity index (χ0) is 17.3. The Morgan fingerprint density at radius 3 is 2.67 bits per heavy atom. The van der Waals surface area contributed by atoms with E-state index >= 15 is 0 Å². The molecule has 0 N–H and O–H groups in total. The van der Waals surface area contributed by atoms with E-state index in [2.05, 4.69) is 4.98 Å². The monoisotopic (exact) mass is 362 g/mol. The number of thiazole rings is 1. The van der Waals surface area contributed by atoms with Crippen LogP contribution < -0.4 is 0 Å². The number of benzene rings is 2. The quantitative estimate of drug-likeness (QED) is 0.284.